The van der Waals surface area contributed by atoms with Crippen LogP contribution >= 0.6 is 0 Å². The van der Waals surface area contributed by atoms with Crippen LogP contribution in [0.1, 0.15) is 17.5 Å². The van der Waals surface area contributed by atoms with Crippen molar-refractivity contribution in [3.05, 3.63) is 65.7 Å². The molecule has 1 N–H and O–H groups in total. The summed E-state index contributed by atoms with van der Waals surface area (Å²) >= 11 is 0. The molecule has 5 nitrogen and oxygen atoms in total. The van der Waals surface area contributed by atoms with E-state index < -0.39 is 6.10 Å². The molecule has 1 aliphatic rings. The smallest absolute Gasteiger partial charge is 0.264 e. The number of nitrogens with zero attached hydrogens (tertiary/aromatic N) is 2. The number of halogens is 1. The normalized spacial score (nSPS) is 16.8. The zero-order valence-corrected chi connectivity index (χ0v) is 11.7. The number of nitrogens with one attached hydrogen (secondary N) is 1. The van der Waals surface area contributed by atoms with Crippen LogP contribution < -0.4 is 5.32 Å². The molecule has 0 unspecified atom stereocenters. The van der Waals surface area contributed by atoms with Crippen LogP contribution in [0.4, 0.5) is 4.39 Å². The molecular weight excluding hydrogens is 285 g/mol. The lowest BCUT2D eigenvalue weighted by Crippen LogP contribution is -2.34. The third-order valence-corrected chi connectivity index (χ3v) is 3.31. The minimum atomic E-state index is -0.685. The zero-order chi connectivity index (χ0) is 15.4. The predicted octanol–water partition coefficient (Wildman–Crippen LogP) is 2.03. The molecule has 1 amide bonds. The molecule has 6 heteroatoms. The highest BCUT2D eigenvalue weighted by atomic mass is 19.1. The fourth-order valence-electron chi connectivity index (χ4n) is 2.16. The van der Waals surface area contributed by atoms with Gasteiger partial charge in [-0.3, -0.25) is 9.78 Å². The van der Waals surface area contributed by atoms with E-state index in [-0.39, 0.29) is 11.7 Å². The van der Waals surface area contributed by atoms with Crippen molar-refractivity contribution in [2.45, 2.75) is 19.1 Å². The number of hydrogen-bond acceptors (Lipinski definition) is 4. The number of oxime groups is 1. The van der Waals surface area contributed by atoms with Gasteiger partial charge in [0.2, 0.25) is 6.10 Å². The van der Waals surface area contributed by atoms with Gasteiger partial charge in [-0.2, -0.15) is 0 Å². The lowest BCUT2D eigenvalue weighted by Gasteiger charge is -2.09. The minimum absolute atomic E-state index is 0.251. The van der Waals surface area contributed by atoms with Crippen molar-refractivity contribution in [1.82, 2.24) is 10.3 Å². The van der Waals surface area contributed by atoms with Crippen LogP contribution in [0.15, 0.2) is 53.9 Å². The molecule has 1 aliphatic heterocycles. The van der Waals surface area contributed by atoms with Gasteiger partial charge in [0.05, 0.1) is 5.71 Å². The molecule has 1 atom stereocenters. The fraction of sp³-hybridized carbons (Fsp3) is 0.188. The molecule has 0 bridgehead atoms. The van der Waals surface area contributed by atoms with Crippen LogP contribution in [0.5, 0.6) is 0 Å². The van der Waals surface area contributed by atoms with Gasteiger partial charge < -0.3 is 10.2 Å². The van der Waals surface area contributed by atoms with Crippen molar-refractivity contribution in [2.75, 3.05) is 0 Å². The van der Waals surface area contributed by atoms with Crippen LogP contribution in [0.25, 0.3) is 0 Å². The molecule has 22 heavy (non-hydrogen) atoms. The van der Waals surface area contributed by atoms with E-state index in [0.29, 0.717) is 24.2 Å². The van der Waals surface area contributed by atoms with E-state index in [2.05, 4.69) is 15.5 Å². The Kier molecular flexibility index (Phi) is 4.09. The van der Waals surface area contributed by atoms with Gasteiger partial charge in [0.1, 0.15) is 5.82 Å². The van der Waals surface area contributed by atoms with Gasteiger partial charge in [0, 0.05) is 30.9 Å². The van der Waals surface area contributed by atoms with E-state index in [1.165, 1.54) is 12.1 Å². The summed E-state index contributed by atoms with van der Waals surface area (Å²) < 4.78 is 13.2. The summed E-state index contributed by atoms with van der Waals surface area (Å²) in [6, 6.07) is 9.75. The summed E-state index contributed by atoms with van der Waals surface area (Å²) in [5, 5.41) is 6.65. The van der Waals surface area contributed by atoms with Gasteiger partial charge >= 0.3 is 0 Å². The average Bonchev–Trinajstić information content (AvgIpc) is 3.04. The molecular formula is C16H14FN3O2. The summed E-state index contributed by atoms with van der Waals surface area (Å²) in [5.74, 6) is -0.594. The number of carbonyl (C=O) groups is 1. The number of aromatic nitrogens is 1. The second-order valence-corrected chi connectivity index (χ2v) is 4.93. The number of rotatable bonds is 4. The third-order valence-electron chi connectivity index (χ3n) is 3.31. The van der Waals surface area contributed by atoms with Gasteiger partial charge in [0.15, 0.2) is 0 Å². The summed E-state index contributed by atoms with van der Waals surface area (Å²) in [6.07, 6.45) is 2.99. The SMILES string of the molecule is O=C(NCc1cccnc1)[C@H]1CC(c2cccc(F)c2)=NO1. The Balaban J connectivity index is 1.56. The van der Waals surface area contributed by atoms with E-state index >= 15 is 0 Å². The van der Waals surface area contributed by atoms with Crippen molar-refractivity contribution in [3.8, 4) is 0 Å². The van der Waals surface area contributed by atoms with Gasteiger partial charge in [-0.15, -0.1) is 0 Å². The number of benzene rings is 1. The summed E-state index contributed by atoms with van der Waals surface area (Å²) in [5.41, 5.74) is 2.10. The monoisotopic (exact) mass is 299 g/mol. The van der Waals surface area contributed by atoms with Crippen molar-refractivity contribution in [3.63, 3.8) is 0 Å². The Morgan fingerprint density at radius 2 is 2.27 bits per heavy atom. The second-order valence-electron chi connectivity index (χ2n) is 4.93. The molecule has 0 radical (unpaired) electrons. The lowest BCUT2D eigenvalue weighted by molar-refractivity contribution is -0.131. The van der Waals surface area contributed by atoms with E-state index in [9.17, 15) is 9.18 Å². The highest BCUT2D eigenvalue weighted by Gasteiger charge is 2.28. The lowest BCUT2D eigenvalue weighted by atomic mass is 10.0. The van der Waals surface area contributed by atoms with E-state index in [1.54, 1.807) is 30.6 Å². The molecule has 0 saturated carbocycles. The molecule has 112 valence electrons. The third kappa shape index (κ3) is 3.28. The molecule has 1 aromatic heterocycles. The first-order valence-corrected chi connectivity index (χ1v) is 6.87. The molecule has 2 aromatic rings. The first-order valence-electron chi connectivity index (χ1n) is 6.87. The van der Waals surface area contributed by atoms with Crippen LogP contribution in [0, 0.1) is 5.82 Å². The maximum absolute atomic E-state index is 13.2. The fourth-order valence-corrected chi connectivity index (χ4v) is 2.16. The van der Waals surface area contributed by atoms with Crippen LogP contribution in [0.3, 0.4) is 0 Å². The van der Waals surface area contributed by atoms with Gasteiger partial charge in [-0.1, -0.05) is 23.4 Å². The summed E-state index contributed by atoms with van der Waals surface area (Å²) in [6.45, 7) is 0.377. The Labute approximate surface area is 126 Å². The maximum Gasteiger partial charge on any atom is 0.264 e. The van der Waals surface area contributed by atoms with E-state index in [1.807, 2.05) is 6.07 Å². The molecule has 0 aliphatic carbocycles. The standard InChI is InChI=1S/C16H14FN3O2/c17-13-5-1-4-12(7-13)14-8-15(22-20-14)16(21)19-10-11-3-2-6-18-9-11/h1-7,9,15H,8,10H2,(H,19,21)/t15-/m1/s1. The van der Waals surface area contributed by atoms with Crippen LogP contribution in [0.2, 0.25) is 0 Å². The molecule has 0 spiro atoms. The number of carbonyl (C=O) groups excluding carboxylic acids is 1. The molecule has 3 rings (SSSR count). The molecule has 0 saturated heterocycles. The molecule has 0 fully saturated rings. The average molecular weight is 299 g/mol. The van der Waals surface area contributed by atoms with Gasteiger partial charge in [-0.05, 0) is 23.8 Å². The highest BCUT2D eigenvalue weighted by Crippen LogP contribution is 2.17. The zero-order valence-electron chi connectivity index (χ0n) is 11.7. The Morgan fingerprint density at radius 1 is 1.36 bits per heavy atom. The van der Waals surface area contributed by atoms with Crippen LogP contribution in [-0.2, 0) is 16.2 Å². The summed E-state index contributed by atoms with van der Waals surface area (Å²) in [7, 11) is 0. The largest absolute Gasteiger partial charge is 0.382 e. The van der Waals surface area contributed by atoms with E-state index in [4.69, 9.17) is 4.84 Å². The highest BCUT2D eigenvalue weighted by molar-refractivity contribution is 6.04. The van der Waals surface area contributed by atoms with Crippen molar-refractivity contribution < 1.29 is 14.0 Å². The second kappa shape index (κ2) is 6.34. The predicted molar refractivity (Wildman–Crippen MR) is 78.5 cm³/mol. The van der Waals surface area contributed by atoms with Crippen LogP contribution in [-0.4, -0.2) is 22.7 Å². The maximum atomic E-state index is 13.2. The Morgan fingerprint density at radius 3 is 3.05 bits per heavy atom. The van der Waals surface area contributed by atoms with E-state index in [0.717, 1.165) is 5.56 Å². The first kappa shape index (κ1) is 14.2. The molecule has 2 heterocycles. The number of pyridine rings is 1. The Hall–Kier alpha value is -2.76. The number of amides is 1. The van der Waals surface area contributed by atoms with Crippen molar-refractivity contribution >= 4 is 11.6 Å². The minimum Gasteiger partial charge on any atom is -0.382 e. The Bertz CT molecular complexity index is 704. The summed E-state index contributed by atoms with van der Waals surface area (Å²) in [4.78, 5) is 21.2. The van der Waals surface area contributed by atoms with Crippen molar-refractivity contribution in [2.24, 2.45) is 5.16 Å². The van der Waals surface area contributed by atoms with Gasteiger partial charge in [0.25, 0.3) is 5.91 Å². The van der Waals surface area contributed by atoms with Gasteiger partial charge in [-0.25, -0.2) is 4.39 Å². The number of hydrogen-bond donors (Lipinski definition) is 1. The topological polar surface area (TPSA) is 63.6 Å². The first-order chi connectivity index (χ1) is 10.7. The molecule has 1 aromatic carbocycles. The quantitative estimate of drug-likeness (QED) is 0.939. The van der Waals surface area contributed by atoms with Crippen molar-refractivity contribution in [1.29, 1.82) is 0 Å².